The van der Waals surface area contributed by atoms with E-state index in [1.54, 1.807) is 30.3 Å². The maximum atomic E-state index is 10.8. The Morgan fingerprint density at radius 1 is 1.17 bits per heavy atom. The lowest BCUT2D eigenvalue weighted by molar-refractivity contribution is 0.112. The van der Waals surface area contributed by atoms with Gasteiger partial charge >= 0.3 is 0 Å². The van der Waals surface area contributed by atoms with Crippen LogP contribution < -0.4 is 0 Å². The number of carbonyl (C=O) groups excluding carboxylic acids is 1. The lowest BCUT2D eigenvalue weighted by Gasteiger charge is -1.97. The van der Waals surface area contributed by atoms with Crippen molar-refractivity contribution < 1.29 is 9.32 Å². The van der Waals surface area contributed by atoms with Crippen LogP contribution in [0.5, 0.6) is 0 Å². The summed E-state index contributed by atoms with van der Waals surface area (Å²) in [5, 5.41) is 5.40. The average Bonchev–Trinajstić information content (AvgIpc) is 2.81. The molecule has 0 aliphatic carbocycles. The Morgan fingerprint density at radius 3 is 2.83 bits per heavy atom. The molecular formula is C14H8ClNO2. The minimum atomic E-state index is 0.592. The van der Waals surface area contributed by atoms with Crippen molar-refractivity contribution in [2.45, 2.75) is 0 Å². The van der Waals surface area contributed by atoms with Crippen LogP contribution in [0.1, 0.15) is 10.4 Å². The van der Waals surface area contributed by atoms with Crippen LogP contribution in [0, 0.1) is 0 Å². The second-order valence-corrected chi connectivity index (χ2v) is 4.35. The van der Waals surface area contributed by atoms with Crippen LogP contribution in [0.25, 0.3) is 22.2 Å². The lowest BCUT2D eigenvalue weighted by Crippen LogP contribution is -1.80. The molecule has 0 amide bonds. The van der Waals surface area contributed by atoms with Gasteiger partial charge in [-0.05, 0) is 30.3 Å². The van der Waals surface area contributed by atoms with Gasteiger partial charge in [-0.15, -0.1) is 0 Å². The Balaban J connectivity index is 2.26. The second kappa shape index (κ2) is 4.27. The van der Waals surface area contributed by atoms with Crippen molar-refractivity contribution in [3.05, 3.63) is 53.1 Å². The van der Waals surface area contributed by atoms with Gasteiger partial charge in [0.1, 0.15) is 11.8 Å². The fraction of sp³-hybridized carbons (Fsp3) is 0. The second-order valence-electron chi connectivity index (χ2n) is 3.92. The number of nitrogens with zero attached hydrogens (tertiary/aromatic N) is 1. The summed E-state index contributed by atoms with van der Waals surface area (Å²) in [6, 6.07) is 12.6. The van der Waals surface area contributed by atoms with E-state index in [2.05, 4.69) is 5.16 Å². The molecule has 0 aliphatic rings. The zero-order valence-electron chi connectivity index (χ0n) is 9.26. The first-order chi connectivity index (χ1) is 8.78. The molecule has 3 aromatic rings. The molecule has 1 heterocycles. The highest BCUT2D eigenvalue weighted by molar-refractivity contribution is 6.30. The van der Waals surface area contributed by atoms with Crippen LogP contribution in [-0.2, 0) is 0 Å². The van der Waals surface area contributed by atoms with Gasteiger partial charge in [0.25, 0.3) is 0 Å². The van der Waals surface area contributed by atoms with Gasteiger partial charge in [-0.2, -0.15) is 0 Å². The first-order valence-corrected chi connectivity index (χ1v) is 5.76. The fourth-order valence-corrected chi connectivity index (χ4v) is 2.06. The van der Waals surface area contributed by atoms with Gasteiger partial charge in [0.15, 0.2) is 5.76 Å². The maximum Gasteiger partial charge on any atom is 0.174 e. The molecule has 0 atom stereocenters. The molecule has 0 radical (unpaired) electrons. The predicted octanol–water partition coefficient (Wildman–Crippen LogP) is 3.96. The summed E-state index contributed by atoms with van der Waals surface area (Å²) in [5.41, 5.74) is 2.15. The molecule has 0 bridgehead atoms. The number of fused-ring (bicyclic) bond motifs is 1. The normalized spacial score (nSPS) is 10.7. The third kappa shape index (κ3) is 1.79. The highest BCUT2D eigenvalue weighted by Crippen LogP contribution is 2.30. The molecule has 0 spiro atoms. The van der Waals surface area contributed by atoms with E-state index in [1.807, 2.05) is 12.1 Å². The Bertz CT molecular complexity index is 733. The Kier molecular flexibility index (Phi) is 2.61. The molecule has 0 N–H and O–H groups in total. The molecule has 0 saturated carbocycles. The van der Waals surface area contributed by atoms with E-state index in [0.717, 1.165) is 22.8 Å². The first-order valence-electron chi connectivity index (χ1n) is 5.38. The van der Waals surface area contributed by atoms with Gasteiger partial charge in [-0.25, -0.2) is 0 Å². The molecular weight excluding hydrogens is 250 g/mol. The molecule has 3 nitrogen and oxygen atoms in total. The Morgan fingerprint density at radius 2 is 2.06 bits per heavy atom. The van der Waals surface area contributed by atoms with Gasteiger partial charge in [-0.3, -0.25) is 4.79 Å². The summed E-state index contributed by atoms with van der Waals surface area (Å²) >= 11 is 5.95. The van der Waals surface area contributed by atoms with E-state index in [-0.39, 0.29) is 0 Å². The SMILES string of the molecule is O=Cc1ccc2noc(-c3cccc(Cl)c3)c2c1. The van der Waals surface area contributed by atoms with E-state index in [4.69, 9.17) is 16.1 Å². The molecule has 0 unspecified atom stereocenters. The maximum absolute atomic E-state index is 10.8. The van der Waals surface area contributed by atoms with Gasteiger partial charge in [0.05, 0.1) is 5.39 Å². The van der Waals surface area contributed by atoms with Gasteiger partial charge in [0.2, 0.25) is 0 Å². The van der Waals surface area contributed by atoms with E-state index >= 15 is 0 Å². The van der Waals surface area contributed by atoms with Gasteiger partial charge in [-0.1, -0.05) is 28.9 Å². The van der Waals surface area contributed by atoms with Crippen molar-refractivity contribution in [2.24, 2.45) is 0 Å². The molecule has 2 aromatic carbocycles. The number of halogens is 1. The predicted molar refractivity (Wildman–Crippen MR) is 69.8 cm³/mol. The monoisotopic (exact) mass is 257 g/mol. The van der Waals surface area contributed by atoms with Crippen LogP contribution in [0.3, 0.4) is 0 Å². The van der Waals surface area contributed by atoms with Crippen molar-refractivity contribution >= 4 is 28.8 Å². The van der Waals surface area contributed by atoms with E-state index in [1.165, 1.54) is 0 Å². The summed E-state index contributed by atoms with van der Waals surface area (Å²) in [5.74, 6) is 0.621. The van der Waals surface area contributed by atoms with E-state index < -0.39 is 0 Å². The standard InChI is InChI=1S/C14H8ClNO2/c15-11-3-1-2-10(7-11)14-12-6-9(8-17)4-5-13(12)16-18-14/h1-8H. The number of benzene rings is 2. The van der Waals surface area contributed by atoms with E-state index in [9.17, 15) is 4.79 Å². The molecule has 18 heavy (non-hydrogen) atoms. The molecule has 3 rings (SSSR count). The van der Waals surface area contributed by atoms with Crippen molar-refractivity contribution in [1.82, 2.24) is 5.16 Å². The van der Waals surface area contributed by atoms with Crippen molar-refractivity contribution in [3.8, 4) is 11.3 Å². The average molecular weight is 258 g/mol. The highest BCUT2D eigenvalue weighted by Gasteiger charge is 2.11. The van der Waals surface area contributed by atoms with Crippen LogP contribution in [0.4, 0.5) is 0 Å². The lowest BCUT2D eigenvalue weighted by atomic mass is 10.1. The van der Waals surface area contributed by atoms with Gasteiger partial charge < -0.3 is 4.52 Å². The quantitative estimate of drug-likeness (QED) is 0.653. The fourth-order valence-electron chi connectivity index (χ4n) is 1.87. The zero-order chi connectivity index (χ0) is 12.5. The summed E-state index contributed by atoms with van der Waals surface area (Å²) in [7, 11) is 0. The molecule has 88 valence electrons. The smallest absolute Gasteiger partial charge is 0.174 e. The number of carbonyl (C=O) groups is 1. The molecule has 1 aromatic heterocycles. The van der Waals surface area contributed by atoms with Crippen molar-refractivity contribution in [2.75, 3.05) is 0 Å². The largest absolute Gasteiger partial charge is 0.355 e. The van der Waals surface area contributed by atoms with Crippen LogP contribution >= 0.6 is 11.6 Å². The number of hydrogen-bond donors (Lipinski definition) is 0. The number of rotatable bonds is 2. The van der Waals surface area contributed by atoms with Crippen LogP contribution in [-0.4, -0.2) is 11.4 Å². The molecule has 4 heteroatoms. The topological polar surface area (TPSA) is 43.1 Å². The molecule has 0 fully saturated rings. The number of aromatic nitrogens is 1. The van der Waals surface area contributed by atoms with Crippen molar-refractivity contribution in [3.63, 3.8) is 0 Å². The molecule has 0 saturated heterocycles. The van der Waals surface area contributed by atoms with Crippen LogP contribution in [0.15, 0.2) is 47.0 Å². The van der Waals surface area contributed by atoms with Gasteiger partial charge in [0, 0.05) is 16.1 Å². The Hall–Kier alpha value is -2.13. The minimum absolute atomic E-state index is 0.592. The van der Waals surface area contributed by atoms with E-state index in [0.29, 0.717) is 16.3 Å². The third-order valence-corrected chi connectivity index (χ3v) is 2.96. The zero-order valence-corrected chi connectivity index (χ0v) is 10.0. The van der Waals surface area contributed by atoms with Crippen molar-refractivity contribution in [1.29, 1.82) is 0 Å². The number of aldehydes is 1. The third-order valence-electron chi connectivity index (χ3n) is 2.72. The highest BCUT2D eigenvalue weighted by atomic mass is 35.5. The summed E-state index contributed by atoms with van der Waals surface area (Å²) in [6.07, 6.45) is 0.800. The summed E-state index contributed by atoms with van der Waals surface area (Å²) < 4.78 is 5.33. The molecule has 0 aliphatic heterocycles. The Labute approximate surface area is 108 Å². The van der Waals surface area contributed by atoms with Crippen LogP contribution in [0.2, 0.25) is 5.02 Å². The number of hydrogen-bond acceptors (Lipinski definition) is 3. The minimum Gasteiger partial charge on any atom is -0.355 e. The summed E-state index contributed by atoms with van der Waals surface area (Å²) in [4.78, 5) is 10.8. The first kappa shape index (κ1) is 11.0. The summed E-state index contributed by atoms with van der Waals surface area (Å²) in [6.45, 7) is 0.